The van der Waals surface area contributed by atoms with Gasteiger partial charge in [-0.3, -0.25) is 0 Å². The smallest absolute Gasteiger partial charge is 0.0457 e. The molecule has 0 heterocycles. The molecule has 0 aliphatic rings. The lowest BCUT2D eigenvalue weighted by atomic mass is 10.1. The molecule has 0 atom stereocenters. The SMILES string of the molecule is CCCCN(Cc1cc(N)ccc1Cl)c1ccccc1. The summed E-state index contributed by atoms with van der Waals surface area (Å²) in [6, 6.07) is 16.1. The van der Waals surface area contributed by atoms with Gasteiger partial charge in [0.05, 0.1) is 0 Å². The van der Waals surface area contributed by atoms with E-state index in [0.717, 1.165) is 35.8 Å². The molecule has 2 nitrogen and oxygen atoms in total. The number of para-hydroxylation sites is 1. The van der Waals surface area contributed by atoms with Crippen molar-refractivity contribution in [3.8, 4) is 0 Å². The van der Waals surface area contributed by atoms with E-state index in [-0.39, 0.29) is 0 Å². The van der Waals surface area contributed by atoms with E-state index in [2.05, 4.69) is 36.1 Å². The van der Waals surface area contributed by atoms with Gasteiger partial charge in [0.2, 0.25) is 0 Å². The van der Waals surface area contributed by atoms with E-state index in [0.29, 0.717) is 0 Å². The second kappa shape index (κ2) is 7.20. The molecule has 2 aromatic carbocycles. The van der Waals surface area contributed by atoms with Crippen LogP contribution >= 0.6 is 11.6 Å². The fourth-order valence-electron chi connectivity index (χ4n) is 2.21. The molecular formula is C17H21ClN2. The average molecular weight is 289 g/mol. The van der Waals surface area contributed by atoms with Gasteiger partial charge in [-0.15, -0.1) is 0 Å². The molecule has 2 aromatic rings. The lowest BCUT2D eigenvalue weighted by Crippen LogP contribution is -2.24. The highest BCUT2D eigenvalue weighted by atomic mass is 35.5. The minimum absolute atomic E-state index is 0.757. The van der Waals surface area contributed by atoms with Gasteiger partial charge < -0.3 is 10.6 Å². The number of benzene rings is 2. The van der Waals surface area contributed by atoms with E-state index in [1.54, 1.807) is 0 Å². The van der Waals surface area contributed by atoms with E-state index in [1.807, 2.05) is 24.3 Å². The zero-order valence-corrected chi connectivity index (χ0v) is 12.6. The van der Waals surface area contributed by atoms with E-state index in [1.165, 1.54) is 12.1 Å². The van der Waals surface area contributed by atoms with Crippen LogP contribution in [-0.4, -0.2) is 6.54 Å². The summed E-state index contributed by atoms with van der Waals surface area (Å²) in [4.78, 5) is 2.35. The highest BCUT2D eigenvalue weighted by Gasteiger charge is 2.09. The third-order valence-electron chi connectivity index (χ3n) is 3.33. The van der Waals surface area contributed by atoms with Crippen LogP contribution in [0.5, 0.6) is 0 Å². The molecule has 0 saturated carbocycles. The Hall–Kier alpha value is -1.67. The quantitative estimate of drug-likeness (QED) is 0.779. The Kier molecular flexibility index (Phi) is 5.31. The minimum Gasteiger partial charge on any atom is -0.399 e. The van der Waals surface area contributed by atoms with Crippen LogP contribution in [-0.2, 0) is 6.54 Å². The Morgan fingerprint density at radius 2 is 1.85 bits per heavy atom. The van der Waals surface area contributed by atoms with Crippen LogP contribution in [0.3, 0.4) is 0 Å². The number of anilines is 2. The van der Waals surface area contributed by atoms with Gasteiger partial charge in [-0.1, -0.05) is 43.1 Å². The molecule has 106 valence electrons. The van der Waals surface area contributed by atoms with E-state index in [4.69, 9.17) is 17.3 Å². The van der Waals surface area contributed by atoms with Crippen molar-refractivity contribution in [2.45, 2.75) is 26.3 Å². The number of nitrogen functional groups attached to an aromatic ring is 1. The van der Waals surface area contributed by atoms with Crippen LogP contribution < -0.4 is 10.6 Å². The topological polar surface area (TPSA) is 29.3 Å². The summed E-state index contributed by atoms with van der Waals surface area (Å²) in [5.41, 5.74) is 8.92. The third-order valence-corrected chi connectivity index (χ3v) is 3.70. The zero-order chi connectivity index (χ0) is 14.4. The van der Waals surface area contributed by atoms with Gasteiger partial charge >= 0.3 is 0 Å². The number of unbranched alkanes of at least 4 members (excludes halogenated alkanes) is 1. The molecule has 2 rings (SSSR count). The first-order valence-electron chi connectivity index (χ1n) is 7.04. The molecule has 0 fully saturated rings. The van der Waals surface area contributed by atoms with E-state index in [9.17, 15) is 0 Å². The Labute approximate surface area is 126 Å². The Balaban J connectivity index is 2.21. The maximum absolute atomic E-state index is 6.28. The summed E-state index contributed by atoms with van der Waals surface area (Å²) < 4.78 is 0. The van der Waals surface area contributed by atoms with Crippen LogP contribution in [0.25, 0.3) is 0 Å². The van der Waals surface area contributed by atoms with Crippen molar-refractivity contribution in [1.29, 1.82) is 0 Å². The molecule has 0 spiro atoms. The first-order valence-corrected chi connectivity index (χ1v) is 7.42. The number of hydrogen-bond donors (Lipinski definition) is 1. The first kappa shape index (κ1) is 14.7. The second-order valence-corrected chi connectivity index (χ2v) is 5.37. The summed E-state index contributed by atoms with van der Waals surface area (Å²) in [5, 5.41) is 0.775. The third kappa shape index (κ3) is 3.91. The number of halogens is 1. The molecule has 0 aromatic heterocycles. The van der Waals surface area contributed by atoms with Gasteiger partial charge in [0.1, 0.15) is 0 Å². The maximum atomic E-state index is 6.28. The predicted octanol–water partition coefficient (Wildman–Crippen LogP) is 4.73. The number of nitrogens with zero attached hydrogens (tertiary/aromatic N) is 1. The van der Waals surface area contributed by atoms with Crippen molar-refractivity contribution >= 4 is 23.0 Å². The van der Waals surface area contributed by atoms with Gasteiger partial charge in [-0.05, 0) is 42.3 Å². The number of rotatable bonds is 6. The van der Waals surface area contributed by atoms with Crippen molar-refractivity contribution in [3.05, 3.63) is 59.1 Å². The van der Waals surface area contributed by atoms with Crippen molar-refractivity contribution in [3.63, 3.8) is 0 Å². The van der Waals surface area contributed by atoms with Crippen molar-refractivity contribution in [2.24, 2.45) is 0 Å². The molecule has 0 aliphatic carbocycles. The molecule has 0 unspecified atom stereocenters. The Morgan fingerprint density at radius 3 is 2.55 bits per heavy atom. The van der Waals surface area contributed by atoms with Gasteiger partial charge in [-0.2, -0.15) is 0 Å². The van der Waals surface area contributed by atoms with Crippen LogP contribution in [0.2, 0.25) is 5.02 Å². The van der Waals surface area contributed by atoms with Crippen LogP contribution in [0, 0.1) is 0 Å². The predicted molar refractivity (Wildman–Crippen MR) is 88.3 cm³/mol. The Bertz CT molecular complexity index is 540. The van der Waals surface area contributed by atoms with Crippen LogP contribution in [0.15, 0.2) is 48.5 Å². The standard InChI is InChI=1S/C17H21ClN2/c1-2-3-11-20(16-7-5-4-6-8-16)13-14-12-15(19)9-10-17(14)18/h4-10,12H,2-3,11,13,19H2,1H3. The highest BCUT2D eigenvalue weighted by molar-refractivity contribution is 6.31. The molecule has 0 radical (unpaired) electrons. The minimum atomic E-state index is 0.757. The normalized spacial score (nSPS) is 10.5. The second-order valence-electron chi connectivity index (χ2n) is 4.96. The summed E-state index contributed by atoms with van der Waals surface area (Å²) in [6.45, 7) is 4.01. The molecule has 0 bridgehead atoms. The van der Waals surface area contributed by atoms with Crippen LogP contribution in [0.4, 0.5) is 11.4 Å². The summed E-state index contributed by atoms with van der Waals surface area (Å²) in [5.74, 6) is 0. The largest absolute Gasteiger partial charge is 0.399 e. The molecule has 0 amide bonds. The monoisotopic (exact) mass is 288 g/mol. The molecule has 2 N–H and O–H groups in total. The fraction of sp³-hybridized carbons (Fsp3) is 0.294. The lowest BCUT2D eigenvalue weighted by Gasteiger charge is -2.25. The van der Waals surface area contributed by atoms with E-state index >= 15 is 0 Å². The van der Waals surface area contributed by atoms with E-state index < -0.39 is 0 Å². The number of hydrogen-bond acceptors (Lipinski definition) is 2. The molecule has 20 heavy (non-hydrogen) atoms. The molecule has 3 heteroatoms. The molecule has 0 aliphatic heterocycles. The fourth-order valence-corrected chi connectivity index (χ4v) is 2.39. The van der Waals surface area contributed by atoms with Gasteiger partial charge in [0.15, 0.2) is 0 Å². The summed E-state index contributed by atoms with van der Waals surface area (Å²) >= 11 is 6.28. The first-order chi connectivity index (χ1) is 9.70. The van der Waals surface area contributed by atoms with Crippen molar-refractivity contribution in [2.75, 3.05) is 17.2 Å². The molecule has 0 saturated heterocycles. The van der Waals surface area contributed by atoms with Crippen molar-refractivity contribution in [1.82, 2.24) is 0 Å². The lowest BCUT2D eigenvalue weighted by molar-refractivity contribution is 0.716. The zero-order valence-electron chi connectivity index (χ0n) is 11.8. The number of nitrogens with two attached hydrogens (primary N) is 1. The van der Waals surface area contributed by atoms with Crippen LogP contribution in [0.1, 0.15) is 25.3 Å². The van der Waals surface area contributed by atoms with Crippen molar-refractivity contribution < 1.29 is 0 Å². The Morgan fingerprint density at radius 1 is 1.10 bits per heavy atom. The average Bonchev–Trinajstić information content (AvgIpc) is 2.48. The maximum Gasteiger partial charge on any atom is 0.0457 e. The molecular weight excluding hydrogens is 268 g/mol. The van der Waals surface area contributed by atoms with Gasteiger partial charge in [0, 0.05) is 29.5 Å². The summed E-state index contributed by atoms with van der Waals surface area (Å²) in [7, 11) is 0. The van der Waals surface area contributed by atoms with Gasteiger partial charge in [-0.25, -0.2) is 0 Å². The summed E-state index contributed by atoms with van der Waals surface area (Å²) in [6.07, 6.45) is 2.34. The van der Waals surface area contributed by atoms with Gasteiger partial charge in [0.25, 0.3) is 0 Å². The highest BCUT2D eigenvalue weighted by Crippen LogP contribution is 2.24.